The van der Waals surface area contributed by atoms with Crippen LogP contribution < -0.4 is 10.1 Å². The maximum Gasteiger partial charge on any atom is 0.224 e. The Hall–Kier alpha value is -2.85. The summed E-state index contributed by atoms with van der Waals surface area (Å²) >= 11 is 0. The number of hydrogen-bond acceptors (Lipinski definition) is 3. The van der Waals surface area contributed by atoms with E-state index in [2.05, 4.69) is 29.6 Å². The first-order valence-electron chi connectivity index (χ1n) is 10.2. The van der Waals surface area contributed by atoms with Crippen molar-refractivity contribution in [3.8, 4) is 5.75 Å². The second kappa shape index (κ2) is 8.66. The number of nitrogens with one attached hydrogen (secondary N) is 1. The average Bonchev–Trinajstić information content (AvgIpc) is 2.78. The van der Waals surface area contributed by atoms with Gasteiger partial charge in [-0.2, -0.15) is 0 Å². The van der Waals surface area contributed by atoms with Gasteiger partial charge in [-0.05, 0) is 35.2 Å². The van der Waals surface area contributed by atoms with Gasteiger partial charge in [0.15, 0.2) is 0 Å². The number of benzene rings is 3. The van der Waals surface area contributed by atoms with Crippen LogP contribution in [0.4, 0.5) is 0 Å². The van der Waals surface area contributed by atoms with Crippen LogP contribution in [0.5, 0.6) is 5.75 Å². The van der Waals surface area contributed by atoms with E-state index in [1.807, 2.05) is 42.5 Å². The first-order chi connectivity index (χ1) is 14.2. The lowest BCUT2D eigenvalue weighted by Gasteiger charge is -2.38. The summed E-state index contributed by atoms with van der Waals surface area (Å²) in [6.45, 7) is 1.97. The molecule has 4 rings (SSSR count). The maximum absolute atomic E-state index is 12.9. The molecule has 1 heterocycles. The van der Waals surface area contributed by atoms with Crippen LogP contribution in [-0.4, -0.2) is 32.8 Å². The molecule has 4 heteroatoms. The molecule has 29 heavy (non-hydrogen) atoms. The maximum atomic E-state index is 12.9. The third kappa shape index (κ3) is 4.13. The third-order valence-electron chi connectivity index (χ3n) is 5.98. The van der Waals surface area contributed by atoms with Gasteiger partial charge in [0.1, 0.15) is 5.75 Å². The van der Waals surface area contributed by atoms with Gasteiger partial charge in [0.2, 0.25) is 5.91 Å². The Morgan fingerprint density at radius 2 is 1.72 bits per heavy atom. The van der Waals surface area contributed by atoms with Crippen molar-refractivity contribution in [1.82, 2.24) is 5.32 Å². The molecule has 0 atom stereocenters. The quantitative estimate of drug-likeness (QED) is 0.685. The van der Waals surface area contributed by atoms with Crippen molar-refractivity contribution in [3.05, 3.63) is 77.9 Å². The Kier molecular flexibility index (Phi) is 5.81. The largest absolute Gasteiger partial charge is 0.496 e. The standard InChI is InChI=1S/C25H27NO3/c1-28-23-12-5-4-11-22(23)25(13-15-29-16-14-25)18-26-24(27)17-20-9-6-8-19-7-2-3-10-21(19)20/h2-12H,13-18H2,1H3,(H,26,27). The molecule has 1 amide bonds. The zero-order valence-corrected chi connectivity index (χ0v) is 16.8. The molecule has 1 N–H and O–H groups in total. The van der Waals surface area contributed by atoms with Crippen LogP contribution in [0.15, 0.2) is 66.7 Å². The number of hydrogen-bond donors (Lipinski definition) is 1. The Morgan fingerprint density at radius 1 is 1.00 bits per heavy atom. The van der Waals surface area contributed by atoms with Crippen LogP contribution in [0, 0.1) is 0 Å². The van der Waals surface area contributed by atoms with E-state index in [1.54, 1.807) is 7.11 Å². The summed E-state index contributed by atoms with van der Waals surface area (Å²) in [5.74, 6) is 0.917. The van der Waals surface area contributed by atoms with Crippen molar-refractivity contribution in [1.29, 1.82) is 0 Å². The van der Waals surface area contributed by atoms with E-state index in [1.165, 1.54) is 0 Å². The topological polar surface area (TPSA) is 47.6 Å². The number of carbonyl (C=O) groups is 1. The molecule has 1 aliphatic heterocycles. The number of para-hydroxylation sites is 1. The van der Waals surface area contributed by atoms with E-state index in [4.69, 9.17) is 9.47 Å². The summed E-state index contributed by atoms with van der Waals surface area (Å²) in [5, 5.41) is 5.50. The summed E-state index contributed by atoms with van der Waals surface area (Å²) < 4.78 is 11.2. The van der Waals surface area contributed by atoms with Crippen molar-refractivity contribution in [2.75, 3.05) is 26.9 Å². The van der Waals surface area contributed by atoms with Gasteiger partial charge >= 0.3 is 0 Å². The Labute approximate surface area is 171 Å². The van der Waals surface area contributed by atoms with E-state index in [0.717, 1.165) is 40.5 Å². The molecule has 3 aromatic carbocycles. The van der Waals surface area contributed by atoms with E-state index >= 15 is 0 Å². The number of amides is 1. The summed E-state index contributed by atoms with van der Waals surface area (Å²) in [5.41, 5.74) is 2.04. The zero-order valence-electron chi connectivity index (χ0n) is 16.8. The fourth-order valence-corrected chi connectivity index (χ4v) is 4.34. The van der Waals surface area contributed by atoms with Crippen LogP contribution in [-0.2, 0) is 21.4 Å². The highest BCUT2D eigenvalue weighted by atomic mass is 16.5. The lowest BCUT2D eigenvalue weighted by atomic mass is 9.73. The molecule has 150 valence electrons. The van der Waals surface area contributed by atoms with E-state index < -0.39 is 0 Å². The van der Waals surface area contributed by atoms with Crippen molar-refractivity contribution >= 4 is 16.7 Å². The highest BCUT2D eigenvalue weighted by Crippen LogP contribution is 2.39. The van der Waals surface area contributed by atoms with Gasteiger partial charge in [-0.3, -0.25) is 4.79 Å². The highest BCUT2D eigenvalue weighted by molar-refractivity contribution is 5.90. The fraction of sp³-hybridized carbons (Fsp3) is 0.320. The van der Waals surface area contributed by atoms with Crippen molar-refractivity contribution in [2.24, 2.45) is 0 Å². The van der Waals surface area contributed by atoms with Gasteiger partial charge < -0.3 is 14.8 Å². The Morgan fingerprint density at radius 3 is 2.55 bits per heavy atom. The molecule has 1 saturated heterocycles. The molecule has 4 nitrogen and oxygen atoms in total. The van der Waals surface area contributed by atoms with Crippen LogP contribution >= 0.6 is 0 Å². The van der Waals surface area contributed by atoms with E-state index in [9.17, 15) is 4.79 Å². The Balaban J connectivity index is 1.52. The highest BCUT2D eigenvalue weighted by Gasteiger charge is 2.37. The van der Waals surface area contributed by atoms with Crippen molar-refractivity contribution in [2.45, 2.75) is 24.7 Å². The molecule has 0 bridgehead atoms. The van der Waals surface area contributed by atoms with Gasteiger partial charge in [0.05, 0.1) is 13.5 Å². The predicted molar refractivity (Wildman–Crippen MR) is 115 cm³/mol. The number of rotatable bonds is 6. The molecule has 1 aliphatic rings. The lowest BCUT2D eigenvalue weighted by molar-refractivity contribution is -0.120. The predicted octanol–water partition coefficient (Wildman–Crippen LogP) is 4.26. The minimum atomic E-state index is -0.167. The van der Waals surface area contributed by atoms with Gasteiger partial charge in [-0.15, -0.1) is 0 Å². The molecular formula is C25H27NO3. The summed E-state index contributed by atoms with van der Waals surface area (Å²) in [7, 11) is 1.70. The average molecular weight is 389 g/mol. The molecule has 0 spiro atoms. The molecule has 0 aromatic heterocycles. The van der Waals surface area contributed by atoms with Crippen LogP contribution in [0.25, 0.3) is 10.8 Å². The third-order valence-corrected chi connectivity index (χ3v) is 5.98. The lowest BCUT2D eigenvalue weighted by Crippen LogP contribution is -2.45. The molecule has 1 fully saturated rings. The number of ether oxygens (including phenoxy) is 2. The summed E-state index contributed by atoms with van der Waals surface area (Å²) in [6.07, 6.45) is 2.10. The first kappa shape index (κ1) is 19.5. The first-order valence-corrected chi connectivity index (χ1v) is 10.2. The normalized spacial score (nSPS) is 15.8. The molecular weight excluding hydrogens is 362 g/mol. The van der Waals surface area contributed by atoms with Crippen LogP contribution in [0.1, 0.15) is 24.0 Å². The Bertz CT molecular complexity index is 987. The number of carbonyl (C=O) groups excluding carboxylic acids is 1. The van der Waals surface area contributed by atoms with Crippen molar-refractivity contribution in [3.63, 3.8) is 0 Å². The van der Waals surface area contributed by atoms with Gasteiger partial charge in [-0.1, -0.05) is 60.7 Å². The number of fused-ring (bicyclic) bond motifs is 1. The monoisotopic (exact) mass is 389 g/mol. The minimum absolute atomic E-state index is 0.0436. The molecule has 3 aromatic rings. The van der Waals surface area contributed by atoms with Crippen LogP contribution in [0.2, 0.25) is 0 Å². The molecule has 0 radical (unpaired) electrons. The second-order valence-corrected chi connectivity index (χ2v) is 7.68. The van der Waals surface area contributed by atoms with Gasteiger partial charge in [0, 0.05) is 30.7 Å². The second-order valence-electron chi connectivity index (χ2n) is 7.68. The van der Waals surface area contributed by atoms with Crippen LogP contribution in [0.3, 0.4) is 0 Å². The fourth-order valence-electron chi connectivity index (χ4n) is 4.34. The van der Waals surface area contributed by atoms with Gasteiger partial charge in [-0.25, -0.2) is 0 Å². The van der Waals surface area contributed by atoms with E-state index in [0.29, 0.717) is 26.2 Å². The van der Waals surface area contributed by atoms with Crippen molar-refractivity contribution < 1.29 is 14.3 Å². The summed E-state index contributed by atoms with van der Waals surface area (Å²) in [6, 6.07) is 22.4. The summed E-state index contributed by atoms with van der Waals surface area (Å²) in [4.78, 5) is 12.9. The minimum Gasteiger partial charge on any atom is -0.496 e. The van der Waals surface area contributed by atoms with Gasteiger partial charge in [0.25, 0.3) is 0 Å². The zero-order chi connectivity index (χ0) is 20.1. The smallest absolute Gasteiger partial charge is 0.224 e. The SMILES string of the molecule is COc1ccccc1C1(CNC(=O)Cc2cccc3ccccc23)CCOCC1. The molecule has 0 unspecified atom stereocenters. The molecule has 0 aliphatic carbocycles. The van der Waals surface area contributed by atoms with E-state index in [-0.39, 0.29) is 11.3 Å². The number of methoxy groups -OCH3 is 1. The molecule has 0 saturated carbocycles.